The summed E-state index contributed by atoms with van der Waals surface area (Å²) in [6, 6.07) is 2.31. The summed E-state index contributed by atoms with van der Waals surface area (Å²) in [6.45, 7) is 8.90. The topological polar surface area (TPSA) is 46.2 Å². The fourth-order valence-electron chi connectivity index (χ4n) is 1.76. The van der Waals surface area contributed by atoms with Gasteiger partial charge in [0.2, 0.25) is 10.0 Å². The Morgan fingerprint density at radius 3 is 1.94 bits per heavy atom. The molecule has 0 fully saturated rings. The second-order valence-corrected chi connectivity index (χ2v) is 6.67. The molecule has 0 heterocycles. The van der Waals surface area contributed by atoms with Gasteiger partial charge in [-0.1, -0.05) is 13.8 Å². The van der Waals surface area contributed by atoms with Gasteiger partial charge in [-0.2, -0.15) is 0 Å². The molecule has 18 heavy (non-hydrogen) atoms. The summed E-state index contributed by atoms with van der Waals surface area (Å²) >= 11 is 0. The zero-order valence-corrected chi connectivity index (χ0v) is 12.2. The highest BCUT2D eigenvalue weighted by Crippen LogP contribution is 2.22. The van der Waals surface area contributed by atoms with E-state index in [1.54, 1.807) is 13.8 Å². The lowest BCUT2D eigenvalue weighted by Gasteiger charge is -2.19. The van der Waals surface area contributed by atoms with E-state index in [-0.39, 0.29) is 16.9 Å². The second kappa shape index (κ2) is 5.36. The number of hydrogen-bond acceptors (Lipinski definition) is 2. The molecule has 0 spiro atoms. The molecule has 1 atom stereocenters. The fraction of sp³-hybridized carbons (Fsp3) is 0.538. The van der Waals surface area contributed by atoms with Crippen LogP contribution in [0.3, 0.4) is 0 Å². The number of hydrogen-bond donors (Lipinski definition) is 1. The minimum atomic E-state index is -3.60. The van der Waals surface area contributed by atoms with Crippen molar-refractivity contribution in [1.82, 2.24) is 4.72 Å². The van der Waals surface area contributed by atoms with Crippen LogP contribution in [0.5, 0.6) is 0 Å². The lowest BCUT2D eigenvalue weighted by Crippen LogP contribution is -2.36. The van der Waals surface area contributed by atoms with Crippen molar-refractivity contribution in [2.75, 3.05) is 0 Å². The van der Waals surface area contributed by atoms with Gasteiger partial charge in [0.25, 0.3) is 0 Å². The van der Waals surface area contributed by atoms with Crippen molar-refractivity contribution in [3.63, 3.8) is 0 Å². The van der Waals surface area contributed by atoms with E-state index in [0.717, 1.165) is 0 Å². The molecule has 0 aliphatic heterocycles. The Kier molecular flexibility index (Phi) is 4.50. The first kappa shape index (κ1) is 15.1. The van der Waals surface area contributed by atoms with Crippen LogP contribution in [0.1, 0.15) is 31.9 Å². The number of aryl methyl sites for hydroxylation is 2. The molecule has 1 aromatic carbocycles. The molecule has 0 amide bonds. The molecule has 1 aromatic rings. The first-order chi connectivity index (χ1) is 8.15. The molecule has 1 rings (SSSR count). The van der Waals surface area contributed by atoms with Gasteiger partial charge in [0.05, 0.1) is 4.90 Å². The molecule has 1 N–H and O–H groups in total. The number of halogens is 1. The van der Waals surface area contributed by atoms with E-state index < -0.39 is 15.8 Å². The molecule has 0 aliphatic rings. The predicted octanol–water partition coefficient (Wildman–Crippen LogP) is 2.77. The summed E-state index contributed by atoms with van der Waals surface area (Å²) in [5, 5.41) is 0. The van der Waals surface area contributed by atoms with Crippen molar-refractivity contribution in [3.8, 4) is 0 Å². The summed E-state index contributed by atoms with van der Waals surface area (Å²) < 4.78 is 40.3. The van der Waals surface area contributed by atoms with E-state index in [4.69, 9.17) is 0 Å². The van der Waals surface area contributed by atoms with Gasteiger partial charge in [-0.25, -0.2) is 17.5 Å². The van der Waals surface area contributed by atoms with Crippen molar-refractivity contribution in [1.29, 1.82) is 0 Å². The molecule has 0 saturated heterocycles. The first-order valence-electron chi connectivity index (χ1n) is 5.94. The Hall–Kier alpha value is -0.940. The Morgan fingerprint density at radius 2 is 1.56 bits per heavy atom. The van der Waals surface area contributed by atoms with Crippen LogP contribution in [-0.4, -0.2) is 14.5 Å². The van der Waals surface area contributed by atoms with Gasteiger partial charge in [0.1, 0.15) is 5.82 Å². The number of sulfonamides is 1. The largest absolute Gasteiger partial charge is 0.241 e. The van der Waals surface area contributed by atoms with Gasteiger partial charge in [0.15, 0.2) is 0 Å². The maximum Gasteiger partial charge on any atom is 0.241 e. The molecule has 1 unspecified atom stereocenters. The van der Waals surface area contributed by atoms with Gasteiger partial charge in [-0.15, -0.1) is 0 Å². The summed E-state index contributed by atoms with van der Waals surface area (Å²) in [5.41, 5.74) is 0.854. The van der Waals surface area contributed by atoms with Crippen LogP contribution >= 0.6 is 0 Å². The highest BCUT2D eigenvalue weighted by molar-refractivity contribution is 7.89. The summed E-state index contributed by atoms with van der Waals surface area (Å²) in [4.78, 5) is 0.177. The molecule has 0 aliphatic carbocycles. The van der Waals surface area contributed by atoms with Crippen LogP contribution < -0.4 is 4.72 Å². The minimum absolute atomic E-state index is 0.168. The lowest BCUT2D eigenvalue weighted by atomic mass is 10.1. The second-order valence-electron chi connectivity index (χ2n) is 5.02. The highest BCUT2D eigenvalue weighted by atomic mass is 32.2. The first-order valence-corrected chi connectivity index (χ1v) is 7.42. The van der Waals surface area contributed by atoms with Crippen molar-refractivity contribution in [2.45, 2.75) is 45.6 Å². The quantitative estimate of drug-likeness (QED) is 0.917. The highest BCUT2D eigenvalue weighted by Gasteiger charge is 2.23. The Balaban J connectivity index is 3.21. The molecular weight excluding hydrogens is 253 g/mol. The SMILES string of the molecule is Cc1cc(F)cc(C)c1S(=O)(=O)NC(C)C(C)C. The van der Waals surface area contributed by atoms with Crippen LogP contribution in [0.15, 0.2) is 17.0 Å². The molecule has 0 radical (unpaired) electrons. The maximum atomic E-state index is 13.2. The Bertz CT molecular complexity index is 515. The smallest absolute Gasteiger partial charge is 0.208 e. The third-order valence-corrected chi connectivity index (χ3v) is 4.90. The number of nitrogens with one attached hydrogen (secondary N) is 1. The molecule has 0 aromatic heterocycles. The molecule has 102 valence electrons. The van der Waals surface area contributed by atoms with Gasteiger partial charge >= 0.3 is 0 Å². The van der Waals surface area contributed by atoms with Crippen molar-refractivity contribution in [2.24, 2.45) is 5.92 Å². The zero-order chi connectivity index (χ0) is 14.1. The normalized spacial score (nSPS) is 13.9. The Morgan fingerprint density at radius 1 is 1.11 bits per heavy atom. The summed E-state index contributed by atoms with van der Waals surface area (Å²) in [6.07, 6.45) is 0. The lowest BCUT2D eigenvalue weighted by molar-refractivity contribution is 0.476. The van der Waals surface area contributed by atoms with Crippen LogP contribution in [0.25, 0.3) is 0 Å². The van der Waals surface area contributed by atoms with Crippen molar-refractivity contribution >= 4 is 10.0 Å². The molecule has 0 saturated carbocycles. The van der Waals surface area contributed by atoms with E-state index in [0.29, 0.717) is 11.1 Å². The van der Waals surface area contributed by atoms with Gasteiger partial charge < -0.3 is 0 Å². The van der Waals surface area contributed by atoms with Gasteiger partial charge in [0, 0.05) is 6.04 Å². The van der Waals surface area contributed by atoms with Crippen LogP contribution in [0.2, 0.25) is 0 Å². The van der Waals surface area contributed by atoms with Crippen LogP contribution in [0.4, 0.5) is 4.39 Å². The van der Waals surface area contributed by atoms with E-state index >= 15 is 0 Å². The van der Waals surface area contributed by atoms with Gasteiger partial charge in [-0.3, -0.25) is 0 Å². The van der Waals surface area contributed by atoms with E-state index in [2.05, 4.69) is 4.72 Å². The van der Waals surface area contributed by atoms with E-state index in [1.807, 2.05) is 20.8 Å². The monoisotopic (exact) mass is 273 g/mol. The fourth-order valence-corrected chi connectivity index (χ4v) is 3.61. The third kappa shape index (κ3) is 3.29. The number of benzene rings is 1. The summed E-state index contributed by atoms with van der Waals surface area (Å²) in [7, 11) is -3.60. The summed E-state index contributed by atoms with van der Waals surface area (Å²) in [5.74, 6) is -0.221. The third-order valence-electron chi connectivity index (χ3n) is 3.03. The standard InChI is InChI=1S/C13H20FNO2S/c1-8(2)11(5)15-18(16,17)13-9(3)6-12(14)7-10(13)4/h6-8,11,15H,1-5H3. The predicted molar refractivity (Wildman–Crippen MR) is 70.5 cm³/mol. The van der Waals surface area contributed by atoms with Crippen molar-refractivity contribution in [3.05, 3.63) is 29.1 Å². The van der Waals surface area contributed by atoms with E-state index in [9.17, 15) is 12.8 Å². The molecule has 3 nitrogen and oxygen atoms in total. The van der Waals surface area contributed by atoms with Crippen LogP contribution in [-0.2, 0) is 10.0 Å². The van der Waals surface area contributed by atoms with Crippen molar-refractivity contribution < 1.29 is 12.8 Å². The number of rotatable bonds is 4. The Labute approximate surface area is 108 Å². The average molecular weight is 273 g/mol. The maximum absolute atomic E-state index is 13.2. The van der Waals surface area contributed by atoms with Crippen LogP contribution in [0, 0.1) is 25.6 Å². The molecule has 0 bridgehead atoms. The minimum Gasteiger partial charge on any atom is -0.208 e. The molecular formula is C13H20FNO2S. The van der Waals surface area contributed by atoms with Gasteiger partial charge in [-0.05, 0) is 49.9 Å². The molecule has 5 heteroatoms. The van der Waals surface area contributed by atoms with E-state index in [1.165, 1.54) is 12.1 Å². The zero-order valence-electron chi connectivity index (χ0n) is 11.4. The average Bonchev–Trinajstić information content (AvgIpc) is 2.13.